The van der Waals surface area contributed by atoms with Crippen LogP contribution in [0.2, 0.25) is 0 Å². The van der Waals surface area contributed by atoms with Gasteiger partial charge < -0.3 is 15.5 Å². The summed E-state index contributed by atoms with van der Waals surface area (Å²) in [4.78, 5) is 18.3. The summed E-state index contributed by atoms with van der Waals surface area (Å²) in [6, 6.07) is 5.65. The van der Waals surface area contributed by atoms with Crippen LogP contribution in [0.25, 0.3) is 0 Å². The quantitative estimate of drug-likeness (QED) is 0.876. The zero-order valence-corrected chi connectivity index (χ0v) is 12.1. The lowest BCUT2D eigenvalue weighted by Crippen LogP contribution is -2.44. The molecule has 1 aromatic heterocycles. The number of piperidine rings is 1. The molecule has 3 heterocycles. The molecule has 0 saturated carbocycles. The Bertz CT molecular complexity index is 473. The molecule has 5 heteroatoms. The van der Waals surface area contributed by atoms with E-state index in [1.54, 1.807) is 13.2 Å². The molecule has 1 aromatic rings. The van der Waals surface area contributed by atoms with Crippen LogP contribution in [0.3, 0.4) is 0 Å². The Morgan fingerprint density at radius 3 is 2.55 bits per heavy atom. The molecule has 5 nitrogen and oxygen atoms in total. The predicted molar refractivity (Wildman–Crippen MR) is 78.8 cm³/mol. The molecule has 108 valence electrons. The summed E-state index contributed by atoms with van der Waals surface area (Å²) < 4.78 is 0. The molecule has 2 N–H and O–H groups in total. The summed E-state index contributed by atoms with van der Waals surface area (Å²) in [5.74, 6) is 0.771. The van der Waals surface area contributed by atoms with E-state index in [2.05, 4.69) is 27.6 Å². The van der Waals surface area contributed by atoms with Gasteiger partial charge in [0.1, 0.15) is 5.82 Å². The van der Waals surface area contributed by atoms with Gasteiger partial charge in [0.15, 0.2) is 0 Å². The number of aromatic nitrogens is 1. The molecule has 3 rings (SSSR count). The zero-order chi connectivity index (χ0) is 14.1. The zero-order valence-electron chi connectivity index (χ0n) is 12.1. The van der Waals surface area contributed by atoms with Crippen LogP contribution in [0, 0.1) is 0 Å². The first-order chi connectivity index (χ1) is 9.67. The van der Waals surface area contributed by atoms with Gasteiger partial charge in [-0.05, 0) is 44.9 Å². The Labute approximate surface area is 119 Å². The van der Waals surface area contributed by atoms with Crippen molar-refractivity contribution in [3.8, 4) is 0 Å². The van der Waals surface area contributed by atoms with Gasteiger partial charge in [0.05, 0.1) is 5.56 Å². The molecule has 2 aliphatic rings. The Morgan fingerprint density at radius 1 is 1.30 bits per heavy atom. The van der Waals surface area contributed by atoms with Gasteiger partial charge in [-0.2, -0.15) is 0 Å². The van der Waals surface area contributed by atoms with E-state index in [1.165, 1.54) is 25.7 Å². The van der Waals surface area contributed by atoms with Crippen molar-refractivity contribution in [1.29, 1.82) is 0 Å². The van der Waals surface area contributed by atoms with Crippen molar-refractivity contribution in [1.82, 2.24) is 15.2 Å². The fraction of sp³-hybridized carbons (Fsp3) is 0.600. The van der Waals surface area contributed by atoms with Crippen LogP contribution in [0.15, 0.2) is 18.3 Å². The first kappa shape index (κ1) is 13.4. The molecular weight excluding hydrogens is 252 g/mol. The lowest BCUT2D eigenvalue weighted by Gasteiger charge is -2.36. The highest BCUT2D eigenvalue weighted by molar-refractivity contribution is 5.93. The number of nitrogens with one attached hydrogen (secondary N) is 2. The van der Waals surface area contributed by atoms with E-state index in [0.717, 1.165) is 17.9 Å². The number of carbonyl (C=O) groups excluding carboxylic acids is 1. The second-order valence-electron chi connectivity index (χ2n) is 5.87. The molecule has 2 fully saturated rings. The van der Waals surface area contributed by atoms with E-state index in [1.807, 2.05) is 12.1 Å². The van der Waals surface area contributed by atoms with Crippen molar-refractivity contribution in [3.05, 3.63) is 23.9 Å². The fourth-order valence-electron chi connectivity index (χ4n) is 3.50. The molecule has 2 unspecified atom stereocenters. The maximum Gasteiger partial charge on any atom is 0.252 e. The van der Waals surface area contributed by atoms with Crippen LogP contribution in [0.5, 0.6) is 0 Å². The van der Waals surface area contributed by atoms with E-state index in [-0.39, 0.29) is 5.91 Å². The first-order valence-electron chi connectivity index (χ1n) is 7.34. The molecular formula is C15H22N4O. The fourth-order valence-corrected chi connectivity index (χ4v) is 3.50. The van der Waals surface area contributed by atoms with Gasteiger partial charge in [-0.3, -0.25) is 4.79 Å². The van der Waals surface area contributed by atoms with E-state index in [9.17, 15) is 4.79 Å². The molecule has 0 radical (unpaired) electrons. The highest BCUT2D eigenvalue weighted by Gasteiger charge is 2.38. The maximum atomic E-state index is 11.5. The van der Waals surface area contributed by atoms with Crippen LogP contribution in [0.1, 0.15) is 36.0 Å². The lowest BCUT2D eigenvalue weighted by atomic mass is 9.98. The van der Waals surface area contributed by atoms with Gasteiger partial charge in [-0.15, -0.1) is 0 Å². The number of anilines is 1. The molecule has 2 aliphatic heterocycles. The van der Waals surface area contributed by atoms with Gasteiger partial charge in [0.25, 0.3) is 5.91 Å². The number of fused-ring (bicyclic) bond motifs is 2. The summed E-state index contributed by atoms with van der Waals surface area (Å²) in [5.41, 5.74) is 0.599. The van der Waals surface area contributed by atoms with Crippen LogP contribution in [-0.4, -0.2) is 48.0 Å². The molecule has 0 aliphatic carbocycles. The monoisotopic (exact) mass is 274 g/mol. The van der Waals surface area contributed by atoms with Crippen LogP contribution in [0.4, 0.5) is 5.82 Å². The molecule has 1 amide bonds. The van der Waals surface area contributed by atoms with E-state index in [4.69, 9.17) is 0 Å². The van der Waals surface area contributed by atoms with Gasteiger partial charge in [0.2, 0.25) is 0 Å². The van der Waals surface area contributed by atoms with Gasteiger partial charge in [-0.25, -0.2) is 4.98 Å². The first-order valence-corrected chi connectivity index (χ1v) is 7.34. The highest BCUT2D eigenvalue weighted by atomic mass is 16.1. The molecule has 2 atom stereocenters. The molecule has 2 bridgehead atoms. The van der Waals surface area contributed by atoms with Crippen LogP contribution >= 0.6 is 0 Å². The highest BCUT2D eigenvalue weighted by Crippen LogP contribution is 2.35. The molecule has 20 heavy (non-hydrogen) atoms. The van der Waals surface area contributed by atoms with Gasteiger partial charge >= 0.3 is 0 Å². The number of nitrogens with zero attached hydrogens (tertiary/aromatic N) is 2. The van der Waals surface area contributed by atoms with Crippen LogP contribution in [-0.2, 0) is 0 Å². The number of carbonyl (C=O) groups is 1. The topological polar surface area (TPSA) is 57.3 Å². The second kappa shape index (κ2) is 5.40. The smallest absolute Gasteiger partial charge is 0.252 e. The average molecular weight is 274 g/mol. The number of hydrogen-bond donors (Lipinski definition) is 2. The van der Waals surface area contributed by atoms with Gasteiger partial charge in [0, 0.05) is 31.4 Å². The van der Waals surface area contributed by atoms with Crippen molar-refractivity contribution in [3.63, 3.8) is 0 Å². The van der Waals surface area contributed by atoms with Crippen molar-refractivity contribution >= 4 is 11.7 Å². The number of pyridine rings is 1. The standard InChI is InChI=1S/C15H22N4O/c1-16-15(20)10-3-6-14(17-9-10)18-11-7-12-4-5-13(8-11)19(12)2/h3,6,9,11-13H,4-5,7-8H2,1-2H3,(H,16,20)(H,17,18). The number of hydrogen-bond acceptors (Lipinski definition) is 4. The van der Waals surface area contributed by atoms with Crippen molar-refractivity contribution in [2.75, 3.05) is 19.4 Å². The summed E-state index contributed by atoms with van der Waals surface area (Å²) in [7, 11) is 3.87. The Kier molecular flexibility index (Phi) is 3.61. The van der Waals surface area contributed by atoms with Crippen molar-refractivity contribution < 1.29 is 4.79 Å². The minimum Gasteiger partial charge on any atom is -0.367 e. The largest absolute Gasteiger partial charge is 0.367 e. The third kappa shape index (κ3) is 2.50. The third-order valence-corrected chi connectivity index (χ3v) is 4.70. The summed E-state index contributed by atoms with van der Waals surface area (Å²) in [6.07, 6.45) is 6.65. The summed E-state index contributed by atoms with van der Waals surface area (Å²) in [6.45, 7) is 0. The van der Waals surface area contributed by atoms with Gasteiger partial charge in [-0.1, -0.05) is 0 Å². The minimum atomic E-state index is -0.0959. The van der Waals surface area contributed by atoms with Crippen molar-refractivity contribution in [2.45, 2.75) is 43.8 Å². The molecule has 0 spiro atoms. The normalized spacial score (nSPS) is 29.2. The van der Waals surface area contributed by atoms with E-state index < -0.39 is 0 Å². The SMILES string of the molecule is CNC(=O)c1ccc(NC2CC3CCC(C2)N3C)nc1. The van der Waals surface area contributed by atoms with Crippen LogP contribution < -0.4 is 10.6 Å². The number of rotatable bonds is 3. The Morgan fingerprint density at radius 2 is 2.00 bits per heavy atom. The minimum absolute atomic E-state index is 0.0959. The Hall–Kier alpha value is -1.62. The second-order valence-corrected chi connectivity index (χ2v) is 5.87. The lowest BCUT2D eigenvalue weighted by molar-refractivity contribution is 0.0963. The predicted octanol–water partition coefficient (Wildman–Crippen LogP) is 1.48. The molecule has 0 aromatic carbocycles. The Balaban J connectivity index is 1.62. The number of amides is 1. The van der Waals surface area contributed by atoms with E-state index in [0.29, 0.717) is 11.6 Å². The van der Waals surface area contributed by atoms with E-state index >= 15 is 0 Å². The average Bonchev–Trinajstić information content (AvgIpc) is 2.69. The maximum absolute atomic E-state index is 11.5. The molecule has 2 saturated heterocycles. The van der Waals surface area contributed by atoms with Crippen molar-refractivity contribution in [2.24, 2.45) is 0 Å². The summed E-state index contributed by atoms with van der Waals surface area (Å²) in [5, 5.41) is 6.12. The third-order valence-electron chi connectivity index (χ3n) is 4.70. The summed E-state index contributed by atoms with van der Waals surface area (Å²) >= 11 is 0.